The van der Waals surface area contributed by atoms with Crippen molar-refractivity contribution in [1.29, 1.82) is 0 Å². The highest BCUT2D eigenvalue weighted by molar-refractivity contribution is 5.95. The van der Waals surface area contributed by atoms with Crippen LogP contribution in [0.3, 0.4) is 0 Å². The molecule has 3 rings (SSSR count). The molecule has 5 nitrogen and oxygen atoms in total. The molecule has 0 bridgehead atoms. The van der Waals surface area contributed by atoms with Crippen molar-refractivity contribution >= 4 is 5.91 Å². The third kappa shape index (κ3) is 5.94. The zero-order valence-corrected chi connectivity index (χ0v) is 16.3. The molecule has 31 heavy (non-hydrogen) atoms. The van der Waals surface area contributed by atoms with E-state index in [2.05, 4.69) is 15.0 Å². The Hall–Kier alpha value is -3.62. The third-order valence-corrected chi connectivity index (χ3v) is 4.32. The molecule has 0 saturated heterocycles. The number of nitrogens with zero attached hydrogens (tertiary/aromatic N) is 1. The standard InChI is InChI=1S/C22H18F4N2O3/c1-13(15-4-6-16(7-5-15)30-12-14-3-2-8-27-11-14)28-21(29)20-18(23)9-17(10-19(20)24)31-22(25)26/h2-11,13,22H,12H2,1H3,(H,28,29). The van der Waals surface area contributed by atoms with Crippen LogP contribution in [0.5, 0.6) is 11.5 Å². The molecule has 0 radical (unpaired) electrons. The van der Waals surface area contributed by atoms with Crippen LogP contribution in [0.15, 0.2) is 60.9 Å². The summed E-state index contributed by atoms with van der Waals surface area (Å²) in [4.78, 5) is 16.3. The molecule has 9 heteroatoms. The van der Waals surface area contributed by atoms with Gasteiger partial charge in [-0.2, -0.15) is 8.78 Å². The molecule has 0 aliphatic heterocycles. The molecule has 1 unspecified atom stereocenters. The molecule has 1 heterocycles. The Bertz CT molecular complexity index is 1010. The van der Waals surface area contributed by atoms with E-state index < -0.39 is 41.5 Å². The van der Waals surface area contributed by atoms with E-state index in [1.165, 1.54) is 0 Å². The lowest BCUT2D eigenvalue weighted by Crippen LogP contribution is -2.28. The third-order valence-electron chi connectivity index (χ3n) is 4.32. The molecule has 1 atom stereocenters. The number of hydrogen-bond acceptors (Lipinski definition) is 4. The number of hydrogen-bond donors (Lipinski definition) is 1. The maximum atomic E-state index is 14.1. The Morgan fingerprint density at radius 2 is 1.74 bits per heavy atom. The predicted molar refractivity (Wildman–Crippen MR) is 104 cm³/mol. The Labute approximate surface area is 175 Å². The van der Waals surface area contributed by atoms with Gasteiger partial charge in [-0.1, -0.05) is 18.2 Å². The molecule has 3 aromatic rings. The highest BCUT2D eigenvalue weighted by Gasteiger charge is 2.22. The lowest BCUT2D eigenvalue weighted by Gasteiger charge is -2.16. The molecule has 0 aliphatic rings. The normalized spacial score (nSPS) is 11.8. The fraction of sp³-hybridized carbons (Fsp3) is 0.182. The van der Waals surface area contributed by atoms with E-state index in [1.54, 1.807) is 49.6 Å². The van der Waals surface area contributed by atoms with Gasteiger partial charge in [0.25, 0.3) is 5.91 Å². The van der Waals surface area contributed by atoms with Crippen LogP contribution in [0.25, 0.3) is 0 Å². The molecule has 0 saturated carbocycles. The molecule has 0 fully saturated rings. The topological polar surface area (TPSA) is 60.5 Å². The summed E-state index contributed by atoms with van der Waals surface area (Å²) >= 11 is 0. The monoisotopic (exact) mass is 434 g/mol. The molecule has 1 N–H and O–H groups in total. The summed E-state index contributed by atoms with van der Waals surface area (Å²) in [7, 11) is 0. The average molecular weight is 434 g/mol. The van der Waals surface area contributed by atoms with Crippen LogP contribution in [0.2, 0.25) is 0 Å². The number of carbonyl (C=O) groups excluding carboxylic acids is 1. The van der Waals surface area contributed by atoms with Gasteiger partial charge >= 0.3 is 6.61 Å². The summed E-state index contributed by atoms with van der Waals surface area (Å²) in [6, 6.07) is 11.0. The van der Waals surface area contributed by atoms with Crippen molar-refractivity contribution in [2.45, 2.75) is 26.2 Å². The number of alkyl halides is 2. The summed E-state index contributed by atoms with van der Waals surface area (Å²) in [6.45, 7) is -1.27. The largest absolute Gasteiger partial charge is 0.489 e. The molecule has 0 aliphatic carbocycles. The number of pyridine rings is 1. The van der Waals surface area contributed by atoms with Crippen molar-refractivity contribution in [2.75, 3.05) is 0 Å². The second-order valence-corrected chi connectivity index (χ2v) is 6.55. The van der Waals surface area contributed by atoms with Gasteiger partial charge in [0.15, 0.2) is 0 Å². The summed E-state index contributed by atoms with van der Waals surface area (Å²) in [5, 5.41) is 2.47. The molecule has 2 aromatic carbocycles. The molecular formula is C22H18F4N2O3. The number of amides is 1. The number of carbonyl (C=O) groups is 1. The van der Waals surface area contributed by atoms with Gasteiger partial charge in [0.2, 0.25) is 0 Å². The first-order chi connectivity index (χ1) is 14.8. The summed E-state index contributed by atoms with van der Waals surface area (Å²) in [5.74, 6) is -3.75. The minimum atomic E-state index is -3.24. The van der Waals surface area contributed by atoms with E-state index in [0.717, 1.165) is 5.56 Å². The van der Waals surface area contributed by atoms with Gasteiger partial charge in [0, 0.05) is 30.1 Å². The van der Waals surface area contributed by atoms with Crippen molar-refractivity contribution in [3.05, 3.63) is 89.2 Å². The maximum Gasteiger partial charge on any atom is 0.387 e. The minimum absolute atomic E-state index is 0.337. The Kier molecular flexibility index (Phi) is 7.07. The highest BCUT2D eigenvalue weighted by atomic mass is 19.3. The predicted octanol–water partition coefficient (Wildman–Crippen LogP) is 5.03. The minimum Gasteiger partial charge on any atom is -0.489 e. The first kappa shape index (κ1) is 22.1. The van der Waals surface area contributed by atoms with Crippen molar-refractivity contribution in [1.82, 2.24) is 10.3 Å². The smallest absolute Gasteiger partial charge is 0.387 e. The second-order valence-electron chi connectivity index (χ2n) is 6.55. The number of halogens is 4. The summed E-state index contributed by atoms with van der Waals surface area (Å²) < 4.78 is 62.2. The van der Waals surface area contributed by atoms with Gasteiger partial charge in [0.1, 0.15) is 35.3 Å². The summed E-state index contributed by atoms with van der Waals surface area (Å²) in [6.07, 6.45) is 3.35. The van der Waals surface area contributed by atoms with Gasteiger partial charge in [-0.25, -0.2) is 8.78 Å². The number of ether oxygens (including phenoxy) is 2. The first-order valence-electron chi connectivity index (χ1n) is 9.20. The average Bonchev–Trinajstić information content (AvgIpc) is 2.72. The van der Waals surface area contributed by atoms with Crippen molar-refractivity contribution in [3.63, 3.8) is 0 Å². The molecule has 0 spiro atoms. The first-order valence-corrected chi connectivity index (χ1v) is 9.20. The van der Waals surface area contributed by atoms with Gasteiger partial charge in [-0.05, 0) is 30.7 Å². The number of nitrogens with one attached hydrogen (secondary N) is 1. The Morgan fingerprint density at radius 3 is 2.32 bits per heavy atom. The van der Waals surface area contributed by atoms with Crippen LogP contribution in [-0.4, -0.2) is 17.5 Å². The van der Waals surface area contributed by atoms with Gasteiger partial charge in [0.05, 0.1) is 6.04 Å². The Morgan fingerprint density at radius 1 is 1.06 bits per heavy atom. The number of aromatic nitrogens is 1. The molecule has 1 amide bonds. The van der Waals surface area contributed by atoms with E-state index in [0.29, 0.717) is 30.1 Å². The highest BCUT2D eigenvalue weighted by Crippen LogP contribution is 2.24. The molecule has 162 valence electrons. The van der Waals surface area contributed by atoms with Crippen LogP contribution in [0.4, 0.5) is 17.6 Å². The zero-order valence-electron chi connectivity index (χ0n) is 16.3. The second kappa shape index (κ2) is 9.92. The van der Waals surface area contributed by atoms with Crippen molar-refractivity contribution in [2.24, 2.45) is 0 Å². The van der Waals surface area contributed by atoms with Crippen molar-refractivity contribution < 1.29 is 31.8 Å². The van der Waals surface area contributed by atoms with Crippen molar-refractivity contribution in [3.8, 4) is 11.5 Å². The van der Waals surface area contributed by atoms with E-state index in [9.17, 15) is 22.4 Å². The SMILES string of the molecule is CC(NC(=O)c1c(F)cc(OC(F)F)cc1F)c1ccc(OCc2cccnc2)cc1. The fourth-order valence-corrected chi connectivity index (χ4v) is 2.79. The van der Waals surface area contributed by atoms with Crippen LogP contribution < -0.4 is 14.8 Å². The van der Waals surface area contributed by atoms with E-state index >= 15 is 0 Å². The van der Waals surface area contributed by atoms with E-state index in [4.69, 9.17) is 4.74 Å². The number of rotatable bonds is 8. The summed E-state index contributed by atoms with van der Waals surface area (Å²) in [5.41, 5.74) is 0.687. The lowest BCUT2D eigenvalue weighted by molar-refractivity contribution is -0.0501. The molecule has 1 aromatic heterocycles. The Balaban J connectivity index is 1.63. The van der Waals surface area contributed by atoms with E-state index in [-0.39, 0.29) is 0 Å². The molecular weight excluding hydrogens is 416 g/mol. The maximum absolute atomic E-state index is 14.1. The number of benzene rings is 2. The quantitative estimate of drug-likeness (QED) is 0.505. The van der Waals surface area contributed by atoms with Gasteiger partial charge in [-0.15, -0.1) is 0 Å². The van der Waals surface area contributed by atoms with Crippen LogP contribution in [0.1, 0.15) is 34.5 Å². The lowest BCUT2D eigenvalue weighted by atomic mass is 10.1. The van der Waals surface area contributed by atoms with Crippen LogP contribution >= 0.6 is 0 Å². The van der Waals surface area contributed by atoms with Crippen LogP contribution in [0, 0.1) is 11.6 Å². The van der Waals surface area contributed by atoms with Gasteiger partial charge < -0.3 is 14.8 Å². The van der Waals surface area contributed by atoms with E-state index in [1.807, 2.05) is 6.07 Å². The van der Waals surface area contributed by atoms with Gasteiger partial charge in [-0.3, -0.25) is 9.78 Å². The zero-order chi connectivity index (χ0) is 22.4. The fourth-order valence-electron chi connectivity index (χ4n) is 2.79. The van der Waals surface area contributed by atoms with Crippen LogP contribution in [-0.2, 0) is 6.61 Å².